The molecule has 6 rings (SSSR count). The summed E-state index contributed by atoms with van der Waals surface area (Å²) in [5.74, 6) is -1.23. The van der Waals surface area contributed by atoms with Crippen LogP contribution in [0.5, 0.6) is 0 Å². The van der Waals surface area contributed by atoms with Gasteiger partial charge in [-0.15, -0.1) is 0 Å². The molecule has 0 saturated heterocycles. The van der Waals surface area contributed by atoms with Crippen LogP contribution in [0.1, 0.15) is 29.5 Å². The number of fused-ring (bicyclic) bond motifs is 3. The predicted molar refractivity (Wildman–Crippen MR) is 200 cm³/mol. The number of nitrogens with zero attached hydrogens (tertiary/aromatic N) is 2. The van der Waals surface area contributed by atoms with Gasteiger partial charge in [0.2, 0.25) is 17.7 Å². The number of rotatable bonds is 7. The van der Waals surface area contributed by atoms with E-state index in [4.69, 9.17) is 23.1 Å². The zero-order valence-electron chi connectivity index (χ0n) is 28.2. The van der Waals surface area contributed by atoms with Crippen molar-refractivity contribution in [2.45, 2.75) is 60.4 Å². The number of H-pyrrole nitrogens is 2. The number of amides is 3. The largest absolute Gasteiger partial charge is 0.367 e. The van der Waals surface area contributed by atoms with Crippen LogP contribution in [0.15, 0.2) is 89.3 Å². The summed E-state index contributed by atoms with van der Waals surface area (Å²) in [4.78, 5) is 55.3. The molecule has 5 aromatic rings. The average Bonchev–Trinajstić information content (AvgIpc) is 3.83. The van der Waals surface area contributed by atoms with Crippen LogP contribution in [0.3, 0.4) is 0 Å². The lowest BCUT2D eigenvalue weighted by Crippen LogP contribution is -2.59. The summed E-state index contributed by atoms with van der Waals surface area (Å²) in [5.41, 5.74) is 17.2. The van der Waals surface area contributed by atoms with Gasteiger partial charge in [0.15, 0.2) is 0 Å². The molecule has 0 radical (unpaired) electrons. The number of benzene rings is 2. The number of likely N-dealkylation sites (N-methyl/N-ethyl adjacent to an activating group) is 1. The molecule has 0 aliphatic carbocycles. The summed E-state index contributed by atoms with van der Waals surface area (Å²) in [6.45, 7) is 0.686. The Morgan fingerprint density at radius 1 is 0.961 bits per heavy atom. The first-order valence-corrected chi connectivity index (χ1v) is 18.1. The number of nitrogens with two attached hydrogens (primary N) is 2. The van der Waals surface area contributed by atoms with Gasteiger partial charge < -0.3 is 42.3 Å². The van der Waals surface area contributed by atoms with Gasteiger partial charge in [-0.25, -0.2) is 4.98 Å². The van der Waals surface area contributed by atoms with Crippen molar-refractivity contribution >= 4 is 52.0 Å². The van der Waals surface area contributed by atoms with Gasteiger partial charge in [-0.3, -0.25) is 14.4 Å². The van der Waals surface area contributed by atoms with E-state index in [0.717, 1.165) is 43.6 Å². The Balaban J connectivity index is 1.43. The highest BCUT2D eigenvalue weighted by Gasteiger charge is 2.34. The lowest BCUT2D eigenvalue weighted by atomic mass is 10.0. The molecule has 4 heterocycles. The quantitative estimate of drug-likeness (QED) is 0.132. The van der Waals surface area contributed by atoms with Crippen LogP contribution in [0, 0.1) is 0 Å². The van der Waals surface area contributed by atoms with E-state index in [2.05, 4.69) is 30.9 Å². The fourth-order valence-corrected chi connectivity index (χ4v) is 7.65. The number of hydrogen-bond donors (Lipinski definition) is 7. The molecule has 2 aromatic carbocycles. The Labute approximate surface area is 305 Å². The number of aromatic amines is 2. The predicted octanol–water partition coefficient (Wildman–Crippen LogP) is 3.70. The highest BCUT2D eigenvalue weighted by atomic mass is 35.5. The van der Waals surface area contributed by atoms with Gasteiger partial charge in [0.05, 0.1) is 11.1 Å². The summed E-state index contributed by atoms with van der Waals surface area (Å²) in [6.07, 6.45) is 8.52. The molecule has 3 amide bonds. The van der Waals surface area contributed by atoms with E-state index >= 15 is 0 Å². The third kappa shape index (κ3) is 8.29. The first kappa shape index (κ1) is 36.1. The third-order valence-electron chi connectivity index (χ3n) is 9.16. The zero-order valence-corrected chi connectivity index (χ0v) is 29.8. The summed E-state index contributed by atoms with van der Waals surface area (Å²) in [7, 11) is 1.57. The number of nitrogens with one attached hydrogen (secondary N) is 5. The number of halogens is 1. The molecule has 0 bridgehead atoms. The topological polar surface area (TPSA) is 187 Å². The Bertz CT molecular complexity index is 2000. The summed E-state index contributed by atoms with van der Waals surface area (Å²) < 4.78 is 0. The van der Waals surface area contributed by atoms with Gasteiger partial charge in [0.1, 0.15) is 17.1 Å². The molecule has 51 heavy (non-hydrogen) atoms. The van der Waals surface area contributed by atoms with Crippen LogP contribution in [0.25, 0.3) is 22.0 Å². The van der Waals surface area contributed by atoms with E-state index in [1.54, 1.807) is 13.2 Å². The van der Waals surface area contributed by atoms with Gasteiger partial charge in [-0.05, 0) is 77.5 Å². The third-order valence-corrected chi connectivity index (χ3v) is 10.8. The second-order valence-electron chi connectivity index (χ2n) is 12.5. The van der Waals surface area contributed by atoms with E-state index in [-0.39, 0.29) is 31.3 Å². The molecule has 3 aromatic heterocycles. The number of aromatic nitrogens is 3. The van der Waals surface area contributed by atoms with E-state index < -0.39 is 24.0 Å². The minimum absolute atomic E-state index is 0.129. The fraction of sp³-hybridized carbons (Fsp3) is 0.297. The van der Waals surface area contributed by atoms with Crippen LogP contribution in [0.2, 0.25) is 5.02 Å². The van der Waals surface area contributed by atoms with E-state index in [0.29, 0.717) is 36.0 Å². The molecule has 266 valence electrons. The maximum absolute atomic E-state index is 14.3. The van der Waals surface area contributed by atoms with Crippen LogP contribution >= 0.6 is 23.4 Å². The first-order chi connectivity index (χ1) is 24.8. The highest BCUT2D eigenvalue weighted by Crippen LogP contribution is 2.39. The van der Waals surface area contributed by atoms with E-state index in [1.807, 2.05) is 73.2 Å². The molecule has 0 fully saturated rings. The number of hydrogen-bond acceptors (Lipinski definition) is 8. The minimum atomic E-state index is -1.06. The second-order valence-corrected chi connectivity index (χ2v) is 13.9. The van der Waals surface area contributed by atoms with Crippen molar-refractivity contribution in [2.75, 3.05) is 20.1 Å². The Kier molecular flexibility index (Phi) is 11.7. The number of carbonyl (C=O) groups is 3. The van der Waals surface area contributed by atoms with E-state index in [1.165, 1.54) is 16.7 Å². The van der Waals surface area contributed by atoms with Gasteiger partial charge >= 0.3 is 0 Å². The van der Waals surface area contributed by atoms with Crippen molar-refractivity contribution in [2.24, 2.45) is 11.5 Å². The van der Waals surface area contributed by atoms with Crippen molar-refractivity contribution in [1.82, 2.24) is 35.8 Å². The molecule has 0 spiro atoms. The van der Waals surface area contributed by atoms with Gasteiger partial charge in [0, 0.05) is 73.7 Å². The monoisotopic (exact) mass is 727 g/mol. The highest BCUT2D eigenvalue weighted by molar-refractivity contribution is 7.99. The van der Waals surface area contributed by atoms with Crippen LogP contribution in [0.4, 0.5) is 0 Å². The molecule has 9 N–H and O–H groups in total. The van der Waals surface area contributed by atoms with Crippen molar-refractivity contribution in [3.8, 4) is 11.1 Å². The lowest BCUT2D eigenvalue weighted by molar-refractivity contribution is -0.141. The molecule has 0 saturated carbocycles. The first-order valence-electron chi connectivity index (χ1n) is 16.9. The molecular weight excluding hydrogens is 686 g/mol. The van der Waals surface area contributed by atoms with Gasteiger partial charge in [-0.1, -0.05) is 47.6 Å². The Hall–Kier alpha value is -4.66. The summed E-state index contributed by atoms with van der Waals surface area (Å²) >= 11 is 8.42. The Morgan fingerprint density at radius 2 is 1.80 bits per heavy atom. The molecular formula is C37H42ClN9O3S. The minimum Gasteiger partial charge on any atom is -0.367 e. The summed E-state index contributed by atoms with van der Waals surface area (Å²) in [6, 6.07) is 14.7. The molecule has 1 aliphatic rings. The smallest absolute Gasteiger partial charge is 0.246 e. The standard InChI is InChI=1S/C37H42ClN9O3S/c1-47-32(16-25-20-43-29-8-3-2-7-27(25)29)35(49)45-21-26-14-24(22-10-13-41-18-22)15-28(38)33(26)51-36-23(6-5-12-42-36)19-44-30(9-4-11-39)34(48)46-31(17-40)37(47)50/h2-3,5-8,10,12-15,18,20,30-32,41,43-44H,4,9,11,16-17,19,21,39-40H2,1H3,(H,45,49)(H,46,48)/t30-,31-,32-/m0/s1. The normalized spacial score (nSPS) is 19.3. The second kappa shape index (κ2) is 16.6. The molecule has 14 heteroatoms. The lowest BCUT2D eigenvalue weighted by Gasteiger charge is -2.31. The van der Waals surface area contributed by atoms with Crippen molar-refractivity contribution < 1.29 is 14.4 Å². The number of para-hydroxylation sites is 1. The molecule has 12 nitrogen and oxygen atoms in total. The van der Waals surface area contributed by atoms with Gasteiger partial charge in [0.25, 0.3) is 0 Å². The SMILES string of the molecule is CN1C(=O)[C@H](CN)NC(=O)[C@H](CCCN)NCc2cccnc2Sc2c(Cl)cc(-c3cc[nH]c3)cc2CNC(=O)[C@@H]1Cc1c[nH]c2ccccc12. The number of carbonyl (C=O) groups excluding carboxylic acids is 3. The average molecular weight is 728 g/mol. The maximum Gasteiger partial charge on any atom is 0.246 e. The molecule has 0 unspecified atom stereocenters. The van der Waals surface area contributed by atoms with Crippen LogP contribution < -0.4 is 27.4 Å². The summed E-state index contributed by atoms with van der Waals surface area (Å²) in [5, 5.41) is 11.5. The van der Waals surface area contributed by atoms with Crippen LogP contribution in [-0.2, 0) is 33.9 Å². The van der Waals surface area contributed by atoms with Crippen LogP contribution in [-0.4, -0.2) is 75.8 Å². The zero-order chi connectivity index (χ0) is 35.9. The van der Waals surface area contributed by atoms with Gasteiger partial charge in [-0.2, -0.15) is 0 Å². The van der Waals surface area contributed by atoms with Crippen molar-refractivity contribution in [1.29, 1.82) is 0 Å². The van der Waals surface area contributed by atoms with E-state index in [9.17, 15) is 14.4 Å². The molecule has 1 aliphatic heterocycles. The Morgan fingerprint density at radius 3 is 2.59 bits per heavy atom. The fourth-order valence-electron chi connectivity index (χ4n) is 6.30. The number of pyridine rings is 1. The maximum atomic E-state index is 14.3. The van der Waals surface area contributed by atoms with Crippen molar-refractivity contribution in [3.63, 3.8) is 0 Å². The molecule has 3 atom stereocenters. The van der Waals surface area contributed by atoms with Crippen molar-refractivity contribution in [3.05, 3.63) is 101 Å².